The molecule has 0 bridgehead atoms. The Morgan fingerprint density at radius 2 is 1.83 bits per heavy atom. The van der Waals surface area contributed by atoms with Crippen LogP contribution in [0.4, 0.5) is 0 Å². The van der Waals surface area contributed by atoms with Gasteiger partial charge in [-0.25, -0.2) is 0 Å². The molecule has 0 atom stereocenters. The van der Waals surface area contributed by atoms with Crippen LogP contribution in [-0.2, 0) is 11.3 Å². The van der Waals surface area contributed by atoms with Gasteiger partial charge in [-0.05, 0) is 12.5 Å². The molecular formula is C21H16N4O3S. The SMILES string of the molecule is O=C(O)CCCn1c2c(sc3ccccc32)c(=O)n2nnc(-c3ccccc3)c12. The molecule has 3 aromatic heterocycles. The van der Waals surface area contributed by atoms with Gasteiger partial charge in [-0.15, -0.1) is 16.4 Å². The number of hydrogen-bond donors (Lipinski definition) is 1. The van der Waals surface area contributed by atoms with Crippen molar-refractivity contribution in [2.45, 2.75) is 19.4 Å². The van der Waals surface area contributed by atoms with Crippen LogP contribution < -0.4 is 5.56 Å². The van der Waals surface area contributed by atoms with Crippen LogP contribution in [0.15, 0.2) is 59.4 Å². The molecule has 0 radical (unpaired) electrons. The Kier molecular flexibility index (Phi) is 4.13. The van der Waals surface area contributed by atoms with Gasteiger partial charge in [0.05, 0.1) is 5.52 Å². The van der Waals surface area contributed by atoms with Crippen molar-refractivity contribution < 1.29 is 9.90 Å². The number of carboxylic acid groups (broad SMARTS) is 1. The molecule has 0 fully saturated rings. The zero-order valence-corrected chi connectivity index (χ0v) is 16.1. The molecule has 0 saturated carbocycles. The predicted octanol–water partition coefficient (Wildman–Crippen LogP) is 3.79. The number of benzene rings is 2. The van der Waals surface area contributed by atoms with Crippen LogP contribution in [0.25, 0.3) is 37.2 Å². The van der Waals surface area contributed by atoms with Gasteiger partial charge in [0.15, 0.2) is 5.65 Å². The fourth-order valence-corrected chi connectivity index (χ4v) is 4.82. The van der Waals surface area contributed by atoms with Gasteiger partial charge in [0, 0.05) is 28.6 Å². The zero-order valence-electron chi connectivity index (χ0n) is 15.3. The molecule has 29 heavy (non-hydrogen) atoms. The van der Waals surface area contributed by atoms with Crippen molar-refractivity contribution in [3.8, 4) is 11.3 Å². The average Bonchev–Trinajstić information content (AvgIpc) is 3.34. The Morgan fingerprint density at radius 1 is 1.07 bits per heavy atom. The van der Waals surface area contributed by atoms with E-state index in [1.807, 2.05) is 59.2 Å². The van der Waals surface area contributed by atoms with E-state index in [0.29, 0.717) is 29.0 Å². The summed E-state index contributed by atoms with van der Waals surface area (Å²) in [5, 5.41) is 18.5. The summed E-state index contributed by atoms with van der Waals surface area (Å²) in [5.74, 6) is -0.844. The van der Waals surface area contributed by atoms with Crippen LogP contribution >= 0.6 is 11.3 Å². The Labute approximate surface area is 168 Å². The van der Waals surface area contributed by atoms with E-state index in [-0.39, 0.29) is 12.0 Å². The lowest BCUT2D eigenvalue weighted by molar-refractivity contribution is -0.137. The average molecular weight is 404 g/mol. The molecule has 0 amide bonds. The number of hydrogen-bond acceptors (Lipinski definition) is 5. The van der Waals surface area contributed by atoms with Gasteiger partial charge in [0.1, 0.15) is 10.4 Å². The van der Waals surface area contributed by atoms with Gasteiger partial charge < -0.3 is 9.67 Å². The van der Waals surface area contributed by atoms with Gasteiger partial charge >= 0.3 is 5.97 Å². The van der Waals surface area contributed by atoms with Crippen molar-refractivity contribution >= 4 is 43.3 Å². The predicted molar refractivity (Wildman–Crippen MR) is 112 cm³/mol. The smallest absolute Gasteiger partial charge is 0.303 e. The van der Waals surface area contributed by atoms with Gasteiger partial charge in [-0.3, -0.25) is 9.59 Å². The van der Waals surface area contributed by atoms with Crippen molar-refractivity contribution in [3.05, 3.63) is 65.0 Å². The summed E-state index contributed by atoms with van der Waals surface area (Å²) in [6, 6.07) is 17.4. The Hall–Kier alpha value is -3.52. The molecule has 5 aromatic rings. The number of nitrogens with zero attached hydrogens (tertiary/aromatic N) is 4. The number of thiophene rings is 1. The number of aromatic nitrogens is 4. The summed E-state index contributed by atoms with van der Waals surface area (Å²) in [7, 11) is 0. The number of carboxylic acids is 1. The maximum atomic E-state index is 13.2. The third kappa shape index (κ3) is 2.80. The molecule has 0 spiro atoms. The van der Waals surface area contributed by atoms with E-state index >= 15 is 0 Å². The zero-order chi connectivity index (χ0) is 20.0. The van der Waals surface area contributed by atoms with Crippen LogP contribution in [0.5, 0.6) is 0 Å². The first-order valence-electron chi connectivity index (χ1n) is 9.22. The van der Waals surface area contributed by atoms with E-state index < -0.39 is 5.97 Å². The second kappa shape index (κ2) is 6.82. The first kappa shape index (κ1) is 17.6. The molecule has 0 aliphatic carbocycles. The van der Waals surface area contributed by atoms with Gasteiger partial charge in [0.2, 0.25) is 0 Å². The first-order chi connectivity index (χ1) is 14.1. The molecular weight excluding hydrogens is 388 g/mol. The maximum absolute atomic E-state index is 13.2. The number of rotatable bonds is 5. The highest BCUT2D eigenvalue weighted by Gasteiger charge is 2.21. The van der Waals surface area contributed by atoms with E-state index in [0.717, 1.165) is 21.2 Å². The van der Waals surface area contributed by atoms with Crippen LogP contribution in [0.1, 0.15) is 12.8 Å². The molecule has 0 aliphatic rings. The molecule has 8 heteroatoms. The van der Waals surface area contributed by atoms with Gasteiger partial charge in [0.25, 0.3) is 5.56 Å². The van der Waals surface area contributed by atoms with E-state index in [9.17, 15) is 9.59 Å². The molecule has 0 aliphatic heterocycles. The van der Waals surface area contributed by atoms with Crippen molar-refractivity contribution in [3.63, 3.8) is 0 Å². The normalized spacial score (nSPS) is 11.6. The second-order valence-electron chi connectivity index (χ2n) is 6.77. The van der Waals surface area contributed by atoms with Crippen LogP contribution in [0.2, 0.25) is 0 Å². The highest BCUT2D eigenvalue weighted by molar-refractivity contribution is 7.25. The van der Waals surface area contributed by atoms with Crippen molar-refractivity contribution in [1.82, 2.24) is 19.4 Å². The lowest BCUT2D eigenvalue weighted by Crippen LogP contribution is -2.19. The molecule has 5 rings (SSSR count). The van der Waals surface area contributed by atoms with E-state index in [1.54, 1.807) is 0 Å². The summed E-state index contributed by atoms with van der Waals surface area (Å²) in [6.45, 7) is 0.445. The molecule has 7 nitrogen and oxygen atoms in total. The van der Waals surface area contributed by atoms with E-state index in [4.69, 9.17) is 5.11 Å². The Morgan fingerprint density at radius 3 is 2.62 bits per heavy atom. The second-order valence-corrected chi connectivity index (χ2v) is 7.82. The summed E-state index contributed by atoms with van der Waals surface area (Å²) in [6.07, 6.45) is 0.483. The number of aryl methyl sites for hydroxylation is 1. The summed E-state index contributed by atoms with van der Waals surface area (Å²) < 4.78 is 4.94. The highest BCUT2D eigenvalue weighted by atomic mass is 32.1. The van der Waals surface area contributed by atoms with E-state index in [2.05, 4.69) is 10.3 Å². The molecule has 0 unspecified atom stereocenters. The largest absolute Gasteiger partial charge is 0.481 e. The third-order valence-corrected chi connectivity index (χ3v) is 6.10. The van der Waals surface area contributed by atoms with Gasteiger partial charge in [-0.1, -0.05) is 53.7 Å². The maximum Gasteiger partial charge on any atom is 0.303 e. The summed E-state index contributed by atoms with van der Waals surface area (Å²) >= 11 is 1.42. The number of fused-ring (bicyclic) bond motifs is 4. The van der Waals surface area contributed by atoms with Gasteiger partial charge in [-0.2, -0.15) is 4.52 Å². The van der Waals surface area contributed by atoms with Crippen molar-refractivity contribution in [2.24, 2.45) is 0 Å². The van der Waals surface area contributed by atoms with Crippen LogP contribution in [-0.4, -0.2) is 30.5 Å². The summed E-state index contributed by atoms with van der Waals surface area (Å²) in [5.41, 5.74) is 2.65. The van der Waals surface area contributed by atoms with Crippen molar-refractivity contribution in [1.29, 1.82) is 0 Å². The highest BCUT2D eigenvalue weighted by Crippen LogP contribution is 2.34. The molecule has 144 valence electrons. The monoisotopic (exact) mass is 404 g/mol. The van der Waals surface area contributed by atoms with Crippen LogP contribution in [0.3, 0.4) is 0 Å². The molecule has 1 N–H and O–H groups in total. The quantitative estimate of drug-likeness (QED) is 0.481. The minimum Gasteiger partial charge on any atom is -0.481 e. The van der Waals surface area contributed by atoms with Crippen molar-refractivity contribution in [2.75, 3.05) is 0 Å². The topological polar surface area (TPSA) is 89.5 Å². The number of aliphatic carboxylic acids is 1. The Balaban J connectivity index is 1.89. The standard InChI is InChI=1S/C21H16N4O3S/c26-16(27)11-6-12-24-18-14-9-4-5-10-15(14)29-19(18)21(28)25-20(24)17(22-23-25)13-7-2-1-3-8-13/h1-5,7-10H,6,11-12H2,(H,26,27). The molecule has 2 aromatic carbocycles. The fourth-order valence-electron chi connectivity index (χ4n) is 3.69. The minimum absolute atomic E-state index is 0.0457. The fraction of sp³-hybridized carbons (Fsp3) is 0.143. The van der Waals surface area contributed by atoms with E-state index in [1.165, 1.54) is 15.9 Å². The summed E-state index contributed by atoms with van der Waals surface area (Å²) in [4.78, 5) is 24.3. The third-order valence-electron chi connectivity index (χ3n) is 4.95. The molecule has 3 heterocycles. The first-order valence-corrected chi connectivity index (χ1v) is 10.0. The van der Waals surface area contributed by atoms with Crippen LogP contribution in [0, 0.1) is 0 Å². The lowest BCUT2D eigenvalue weighted by Gasteiger charge is -2.12. The molecule has 0 saturated heterocycles. The Bertz CT molecular complexity index is 1430. The lowest BCUT2D eigenvalue weighted by atomic mass is 10.1. The number of carbonyl (C=O) groups is 1. The minimum atomic E-state index is -0.844.